The summed E-state index contributed by atoms with van der Waals surface area (Å²) in [6.07, 6.45) is 2.52. The summed E-state index contributed by atoms with van der Waals surface area (Å²) in [7, 11) is 3.12. The summed E-state index contributed by atoms with van der Waals surface area (Å²) in [6, 6.07) is 17.6. The summed E-state index contributed by atoms with van der Waals surface area (Å²) >= 11 is 0. The van der Waals surface area contributed by atoms with Crippen LogP contribution in [0.4, 0.5) is 15.8 Å². The number of aromatic nitrogens is 1. The molecule has 0 atom stereocenters. The molecule has 1 fully saturated rings. The molecule has 1 saturated carbocycles. The number of fused-ring (bicyclic) bond motifs is 1. The molecule has 3 aromatic carbocycles. The summed E-state index contributed by atoms with van der Waals surface area (Å²) in [5.74, 6) is 1.06. The van der Waals surface area contributed by atoms with E-state index in [2.05, 4.69) is 15.6 Å². The molecule has 1 aliphatic carbocycles. The molecule has 0 radical (unpaired) electrons. The summed E-state index contributed by atoms with van der Waals surface area (Å²) in [4.78, 5) is 30.1. The Kier molecular flexibility index (Phi) is 7.82. The molecule has 10 heteroatoms. The highest BCUT2D eigenvalue weighted by Gasteiger charge is 2.56. The van der Waals surface area contributed by atoms with Crippen LogP contribution in [0.15, 0.2) is 72.9 Å². The van der Waals surface area contributed by atoms with Crippen molar-refractivity contribution < 1.29 is 28.2 Å². The zero-order chi connectivity index (χ0) is 26.0. The lowest BCUT2D eigenvalue weighted by Crippen LogP contribution is -2.35. The number of pyridine rings is 1. The van der Waals surface area contributed by atoms with Crippen molar-refractivity contribution in [1.29, 1.82) is 0 Å². The molecule has 8 nitrogen and oxygen atoms in total. The van der Waals surface area contributed by atoms with E-state index < -0.39 is 17.1 Å². The molecule has 1 aromatic heterocycles. The van der Waals surface area contributed by atoms with E-state index in [0.717, 1.165) is 5.39 Å². The average molecular weight is 582 g/mol. The van der Waals surface area contributed by atoms with Gasteiger partial charge in [-0.25, -0.2) is 4.39 Å². The number of hydrogen-bond acceptors (Lipinski definition) is 6. The van der Waals surface area contributed by atoms with E-state index in [-0.39, 0.29) is 22.9 Å². The Labute approximate surface area is 228 Å². The number of rotatable bonds is 8. The van der Waals surface area contributed by atoms with Crippen LogP contribution in [0, 0.1) is 11.2 Å². The quantitative estimate of drug-likeness (QED) is 0.243. The van der Waals surface area contributed by atoms with Crippen LogP contribution in [0.3, 0.4) is 0 Å². The summed E-state index contributed by atoms with van der Waals surface area (Å²) in [6.45, 7) is 0. The second-order valence-electron chi connectivity index (χ2n) is 8.66. The number of methoxy groups -OCH3 is 2. The molecular formula is C28H25BrFN3O5. The fourth-order valence-corrected chi connectivity index (χ4v) is 3.99. The molecule has 2 N–H and O–H groups in total. The predicted molar refractivity (Wildman–Crippen MR) is 147 cm³/mol. The molecule has 0 bridgehead atoms. The van der Waals surface area contributed by atoms with Gasteiger partial charge in [0, 0.05) is 29.0 Å². The third kappa shape index (κ3) is 5.40. The SMILES string of the molecule is Br.COc1cc2nccc(Oc3ccc(NC(=O)C4(C(=O)Nc5ccc(F)cc5)CC4)cc3)c2cc1OC. The van der Waals surface area contributed by atoms with Gasteiger partial charge in [0.1, 0.15) is 22.7 Å². The van der Waals surface area contributed by atoms with Crippen molar-refractivity contribution in [1.82, 2.24) is 4.98 Å². The van der Waals surface area contributed by atoms with E-state index in [1.807, 2.05) is 0 Å². The number of ether oxygens (including phenoxy) is 3. The summed E-state index contributed by atoms with van der Waals surface area (Å²) < 4.78 is 29.9. The molecule has 0 spiro atoms. The van der Waals surface area contributed by atoms with Gasteiger partial charge in [-0.3, -0.25) is 14.6 Å². The molecule has 0 aliphatic heterocycles. The fraction of sp³-hybridized carbons (Fsp3) is 0.179. The van der Waals surface area contributed by atoms with Crippen LogP contribution in [0.5, 0.6) is 23.0 Å². The molecule has 0 unspecified atom stereocenters. The third-order valence-corrected chi connectivity index (χ3v) is 6.27. The Morgan fingerprint density at radius 3 is 1.92 bits per heavy atom. The topological polar surface area (TPSA) is 98.8 Å². The van der Waals surface area contributed by atoms with Gasteiger partial charge in [-0.05, 0) is 73.5 Å². The van der Waals surface area contributed by atoms with E-state index >= 15 is 0 Å². The van der Waals surface area contributed by atoms with Crippen molar-refractivity contribution in [2.24, 2.45) is 5.41 Å². The molecular weight excluding hydrogens is 557 g/mol. The highest BCUT2D eigenvalue weighted by atomic mass is 79.9. The van der Waals surface area contributed by atoms with Gasteiger partial charge >= 0.3 is 0 Å². The minimum absolute atomic E-state index is 0. The lowest BCUT2D eigenvalue weighted by Gasteiger charge is -2.16. The zero-order valence-corrected chi connectivity index (χ0v) is 22.3. The van der Waals surface area contributed by atoms with Crippen LogP contribution in [0.25, 0.3) is 10.9 Å². The second kappa shape index (κ2) is 11.1. The molecule has 0 saturated heterocycles. The predicted octanol–water partition coefficient (Wildman–Crippen LogP) is 6.12. The number of nitrogens with zero attached hydrogens (tertiary/aromatic N) is 1. The molecule has 1 heterocycles. The summed E-state index contributed by atoms with van der Waals surface area (Å²) in [5.41, 5.74) is 0.517. The fourth-order valence-electron chi connectivity index (χ4n) is 3.99. The Balaban J connectivity index is 0.00000336. The molecule has 38 heavy (non-hydrogen) atoms. The van der Waals surface area contributed by atoms with Crippen LogP contribution in [-0.2, 0) is 9.59 Å². The zero-order valence-electron chi connectivity index (χ0n) is 20.6. The van der Waals surface area contributed by atoms with Crippen molar-refractivity contribution in [3.63, 3.8) is 0 Å². The van der Waals surface area contributed by atoms with Gasteiger partial charge in [0.25, 0.3) is 0 Å². The molecule has 5 rings (SSSR count). The number of hydrogen-bond donors (Lipinski definition) is 2. The van der Waals surface area contributed by atoms with Gasteiger partial charge in [0.05, 0.1) is 19.7 Å². The Morgan fingerprint density at radius 2 is 1.37 bits per heavy atom. The van der Waals surface area contributed by atoms with Crippen molar-refractivity contribution in [3.8, 4) is 23.0 Å². The van der Waals surface area contributed by atoms with Crippen LogP contribution in [0.2, 0.25) is 0 Å². The van der Waals surface area contributed by atoms with Gasteiger partial charge < -0.3 is 24.8 Å². The van der Waals surface area contributed by atoms with Crippen molar-refractivity contribution >= 4 is 51.1 Å². The molecule has 4 aromatic rings. The third-order valence-electron chi connectivity index (χ3n) is 6.27. The second-order valence-corrected chi connectivity index (χ2v) is 8.66. The van der Waals surface area contributed by atoms with Crippen molar-refractivity contribution in [2.45, 2.75) is 12.8 Å². The van der Waals surface area contributed by atoms with E-state index in [4.69, 9.17) is 14.2 Å². The average Bonchev–Trinajstić information content (AvgIpc) is 3.73. The van der Waals surface area contributed by atoms with Crippen LogP contribution in [-0.4, -0.2) is 31.0 Å². The van der Waals surface area contributed by atoms with Gasteiger partial charge in [-0.1, -0.05) is 0 Å². The number of amides is 2. The number of anilines is 2. The maximum absolute atomic E-state index is 13.1. The van der Waals surface area contributed by atoms with Gasteiger partial charge in [-0.2, -0.15) is 0 Å². The van der Waals surface area contributed by atoms with Gasteiger partial charge in [0.15, 0.2) is 11.5 Å². The largest absolute Gasteiger partial charge is 0.493 e. The molecule has 196 valence electrons. The number of benzene rings is 3. The number of carbonyl (C=O) groups is 2. The van der Waals surface area contributed by atoms with Gasteiger partial charge in [0.2, 0.25) is 11.8 Å². The summed E-state index contributed by atoms with van der Waals surface area (Å²) in [5, 5.41) is 6.26. The monoisotopic (exact) mass is 581 g/mol. The van der Waals surface area contributed by atoms with E-state index in [0.29, 0.717) is 52.7 Å². The van der Waals surface area contributed by atoms with Crippen LogP contribution >= 0.6 is 17.0 Å². The Morgan fingerprint density at radius 1 is 0.816 bits per heavy atom. The van der Waals surface area contributed by atoms with E-state index in [1.54, 1.807) is 62.9 Å². The number of carbonyl (C=O) groups excluding carboxylic acids is 2. The Bertz CT molecular complexity index is 1470. The Hall–Kier alpha value is -4.18. The molecule has 1 aliphatic rings. The highest BCUT2D eigenvalue weighted by Crippen LogP contribution is 2.47. The first kappa shape index (κ1) is 26.9. The lowest BCUT2D eigenvalue weighted by atomic mass is 10.0. The standard InChI is InChI=1S/C28H24FN3O5.BrH/c1-35-24-15-21-22(16-25(24)36-2)30-14-11-23(21)37-20-9-7-19(8-10-20)32-27(34)28(12-13-28)26(33)31-18-5-3-17(29)4-6-18;/h3-11,14-16H,12-13H2,1-2H3,(H,31,33)(H,32,34);1H. The first-order valence-electron chi connectivity index (χ1n) is 11.6. The van der Waals surface area contributed by atoms with Crippen molar-refractivity contribution in [2.75, 3.05) is 24.9 Å². The maximum Gasteiger partial charge on any atom is 0.240 e. The minimum Gasteiger partial charge on any atom is -0.493 e. The first-order chi connectivity index (χ1) is 17.9. The first-order valence-corrected chi connectivity index (χ1v) is 11.6. The van der Waals surface area contributed by atoms with E-state index in [9.17, 15) is 14.0 Å². The smallest absolute Gasteiger partial charge is 0.240 e. The lowest BCUT2D eigenvalue weighted by molar-refractivity contribution is -0.131. The van der Waals surface area contributed by atoms with E-state index in [1.165, 1.54) is 24.3 Å². The van der Waals surface area contributed by atoms with Crippen molar-refractivity contribution in [3.05, 3.63) is 78.7 Å². The number of halogens is 2. The van der Waals surface area contributed by atoms with Crippen LogP contribution in [0.1, 0.15) is 12.8 Å². The van der Waals surface area contributed by atoms with Crippen LogP contribution < -0.4 is 24.8 Å². The normalized spacial score (nSPS) is 13.1. The van der Waals surface area contributed by atoms with Gasteiger partial charge in [-0.15, -0.1) is 17.0 Å². The number of nitrogens with one attached hydrogen (secondary N) is 2. The maximum atomic E-state index is 13.1. The molecule has 2 amide bonds. The minimum atomic E-state index is -1.14. The highest BCUT2D eigenvalue weighted by molar-refractivity contribution is 8.93.